The van der Waals surface area contributed by atoms with Gasteiger partial charge in [-0.1, -0.05) is 6.92 Å². The zero-order chi connectivity index (χ0) is 12.2. The lowest BCUT2D eigenvalue weighted by Gasteiger charge is -2.14. The summed E-state index contributed by atoms with van der Waals surface area (Å²) in [6.07, 6.45) is 1.28. The third kappa shape index (κ3) is 4.09. The van der Waals surface area contributed by atoms with Gasteiger partial charge in [-0.05, 0) is 25.9 Å². The fourth-order valence-corrected chi connectivity index (χ4v) is 2.75. The second-order valence-corrected chi connectivity index (χ2v) is 6.69. The molecule has 0 spiro atoms. The van der Waals surface area contributed by atoms with Crippen LogP contribution in [-0.4, -0.2) is 55.5 Å². The van der Waals surface area contributed by atoms with Crippen molar-refractivity contribution in [2.75, 3.05) is 31.1 Å². The van der Waals surface area contributed by atoms with Crippen molar-refractivity contribution in [2.24, 2.45) is 5.92 Å². The minimum atomic E-state index is -2.88. The van der Waals surface area contributed by atoms with Crippen LogP contribution in [0.15, 0.2) is 0 Å². The molecule has 0 bridgehead atoms. The average molecular weight is 249 g/mol. The van der Waals surface area contributed by atoms with Gasteiger partial charge in [-0.3, -0.25) is 4.79 Å². The Balaban J connectivity index is 2.23. The Morgan fingerprint density at radius 1 is 1.50 bits per heavy atom. The van der Waals surface area contributed by atoms with Gasteiger partial charge in [0.15, 0.2) is 0 Å². The minimum Gasteiger partial charge on any atom is -0.481 e. The number of hydrogen-bond acceptors (Lipinski definition) is 4. The standard InChI is InChI=1S/C10H19NO4S/c1-2-16(14,15)7-3-5-11-6-4-9(8-11)10(12)13/h9H,2-8H2,1H3,(H,12,13). The number of hydrogen-bond donors (Lipinski definition) is 1. The fraction of sp³-hybridized carbons (Fsp3) is 0.900. The molecule has 0 saturated carbocycles. The molecule has 0 aromatic heterocycles. The summed E-state index contributed by atoms with van der Waals surface area (Å²) in [5, 5.41) is 8.80. The Hall–Kier alpha value is -0.620. The Labute approximate surface area is 96.4 Å². The summed E-state index contributed by atoms with van der Waals surface area (Å²) in [5.41, 5.74) is 0. The van der Waals surface area contributed by atoms with Gasteiger partial charge < -0.3 is 10.0 Å². The van der Waals surface area contributed by atoms with Crippen LogP contribution in [0, 0.1) is 5.92 Å². The predicted molar refractivity (Wildman–Crippen MR) is 61.1 cm³/mol. The van der Waals surface area contributed by atoms with Gasteiger partial charge in [0.05, 0.1) is 11.7 Å². The van der Waals surface area contributed by atoms with Crippen LogP contribution in [0.5, 0.6) is 0 Å². The molecular formula is C10H19NO4S. The average Bonchev–Trinajstić information content (AvgIpc) is 2.66. The van der Waals surface area contributed by atoms with Crippen LogP contribution in [0.3, 0.4) is 0 Å². The molecule has 1 N–H and O–H groups in total. The van der Waals surface area contributed by atoms with Crippen LogP contribution >= 0.6 is 0 Å². The van der Waals surface area contributed by atoms with E-state index in [0.717, 1.165) is 6.54 Å². The van der Waals surface area contributed by atoms with Crippen molar-refractivity contribution in [1.29, 1.82) is 0 Å². The zero-order valence-electron chi connectivity index (χ0n) is 9.55. The van der Waals surface area contributed by atoms with E-state index in [1.165, 1.54) is 0 Å². The summed E-state index contributed by atoms with van der Waals surface area (Å²) >= 11 is 0. The van der Waals surface area contributed by atoms with E-state index < -0.39 is 15.8 Å². The van der Waals surface area contributed by atoms with Gasteiger partial charge in [0.2, 0.25) is 0 Å². The van der Waals surface area contributed by atoms with Gasteiger partial charge in [0.25, 0.3) is 0 Å². The molecule has 0 aliphatic carbocycles. The summed E-state index contributed by atoms with van der Waals surface area (Å²) in [6, 6.07) is 0. The highest BCUT2D eigenvalue weighted by Crippen LogP contribution is 2.16. The van der Waals surface area contributed by atoms with E-state index in [4.69, 9.17) is 5.11 Å². The van der Waals surface area contributed by atoms with Gasteiger partial charge in [-0.25, -0.2) is 8.42 Å². The molecular weight excluding hydrogens is 230 g/mol. The Morgan fingerprint density at radius 3 is 2.69 bits per heavy atom. The quantitative estimate of drug-likeness (QED) is 0.728. The maximum Gasteiger partial charge on any atom is 0.307 e. The highest BCUT2D eigenvalue weighted by Gasteiger charge is 2.27. The van der Waals surface area contributed by atoms with Crippen LogP contribution in [0.4, 0.5) is 0 Å². The summed E-state index contributed by atoms with van der Waals surface area (Å²) < 4.78 is 22.5. The number of nitrogens with zero attached hydrogens (tertiary/aromatic N) is 1. The molecule has 0 amide bonds. The Kier molecular flexibility index (Phi) is 4.73. The van der Waals surface area contributed by atoms with E-state index in [1.807, 2.05) is 4.90 Å². The van der Waals surface area contributed by atoms with Crippen molar-refractivity contribution in [3.8, 4) is 0 Å². The third-order valence-electron chi connectivity index (χ3n) is 2.99. The van der Waals surface area contributed by atoms with Gasteiger partial charge in [0.1, 0.15) is 9.84 Å². The number of carbonyl (C=O) groups is 1. The Bertz CT molecular complexity index is 339. The van der Waals surface area contributed by atoms with Gasteiger partial charge >= 0.3 is 5.97 Å². The first-order chi connectivity index (χ1) is 7.44. The highest BCUT2D eigenvalue weighted by molar-refractivity contribution is 7.91. The lowest BCUT2D eigenvalue weighted by molar-refractivity contribution is -0.141. The van der Waals surface area contributed by atoms with Crippen LogP contribution in [0.1, 0.15) is 19.8 Å². The number of aliphatic carboxylic acids is 1. The van der Waals surface area contributed by atoms with Gasteiger partial charge in [0, 0.05) is 12.3 Å². The fourth-order valence-electron chi connectivity index (χ4n) is 1.89. The maximum absolute atomic E-state index is 11.2. The molecule has 16 heavy (non-hydrogen) atoms. The zero-order valence-corrected chi connectivity index (χ0v) is 10.4. The molecule has 1 aliphatic rings. The van der Waals surface area contributed by atoms with Crippen molar-refractivity contribution in [3.05, 3.63) is 0 Å². The van der Waals surface area contributed by atoms with Gasteiger partial charge in [-0.2, -0.15) is 0 Å². The predicted octanol–water partition coefficient (Wildman–Crippen LogP) is 0.218. The van der Waals surface area contributed by atoms with Crippen LogP contribution < -0.4 is 0 Å². The molecule has 1 unspecified atom stereocenters. The second-order valence-electron chi connectivity index (χ2n) is 4.21. The van der Waals surface area contributed by atoms with E-state index in [1.54, 1.807) is 6.92 Å². The highest BCUT2D eigenvalue weighted by atomic mass is 32.2. The van der Waals surface area contributed by atoms with Crippen molar-refractivity contribution < 1.29 is 18.3 Å². The number of likely N-dealkylation sites (tertiary alicyclic amines) is 1. The lowest BCUT2D eigenvalue weighted by Crippen LogP contribution is -2.25. The molecule has 1 fully saturated rings. The SMILES string of the molecule is CCS(=O)(=O)CCCN1CCC(C(=O)O)C1. The number of sulfone groups is 1. The lowest BCUT2D eigenvalue weighted by atomic mass is 10.1. The first-order valence-electron chi connectivity index (χ1n) is 5.60. The van der Waals surface area contributed by atoms with E-state index in [-0.39, 0.29) is 17.4 Å². The largest absolute Gasteiger partial charge is 0.481 e. The molecule has 0 aromatic carbocycles. The smallest absolute Gasteiger partial charge is 0.307 e. The summed E-state index contributed by atoms with van der Waals surface area (Å²) in [5.74, 6) is -0.630. The molecule has 1 heterocycles. The molecule has 1 aliphatic heterocycles. The molecule has 1 atom stereocenters. The summed E-state index contributed by atoms with van der Waals surface area (Å²) in [7, 11) is -2.88. The molecule has 5 nitrogen and oxygen atoms in total. The van der Waals surface area contributed by atoms with Crippen LogP contribution in [0.25, 0.3) is 0 Å². The van der Waals surface area contributed by atoms with Crippen LogP contribution in [0.2, 0.25) is 0 Å². The molecule has 0 aromatic rings. The first kappa shape index (κ1) is 13.4. The number of carboxylic acids is 1. The topological polar surface area (TPSA) is 74.7 Å². The Morgan fingerprint density at radius 2 is 2.19 bits per heavy atom. The molecule has 1 saturated heterocycles. The minimum absolute atomic E-state index is 0.185. The van der Waals surface area contributed by atoms with Crippen molar-refractivity contribution in [3.63, 3.8) is 0 Å². The summed E-state index contributed by atoms with van der Waals surface area (Å²) in [6.45, 7) is 3.65. The van der Waals surface area contributed by atoms with Crippen molar-refractivity contribution in [2.45, 2.75) is 19.8 Å². The molecule has 1 rings (SSSR count). The van der Waals surface area contributed by atoms with E-state index in [2.05, 4.69) is 0 Å². The number of rotatable bonds is 6. The molecule has 94 valence electrons. The van der Waals surface area contributed by atoms with Crippen molar-refractivity contribution in [1.82, 2.24) is 4.90 Å². The second kappa shape index (κ2) is 5.63. The molecule has 0 radical (unpaired) electrons. The van der Waals surface area contributed by atoms with Gasteiger partial charge in [-0.15, -0.1) is 0 Å². The normalized spacial score (nSPS) is 22.4. The monoisotopic (exact) mass is 249 g/mol. The van der Waals surface area contributed by atoms with Crippen LogP contribution in [-0.2, 0) is 14.6 Å². The maximum atomic E-state index is 11.2. The van der Waals surface area contributed by atoms with Crippen molar-refractivity contribution >= 4 is 15.8 Å². The van der Waals surface area contributed by atoms with E-state index in [9.17, 15) is 13.2 Å². The van der Waals surface area contributed by atoms with E-state index >= 15 is 0 Å². The van der Waals surface area contributed by atoms with E-state index in [0.29, 0.717) is 25.9 Å². The molecule has 6 heteroatoms. The number of carboxylic acid groups (broad SMARTS) is 1. The summed E-state index contributed by atoms with van der Waals surface area (Å²) in [4.78, 5) is 12.7. The third-order valence-corrected chi connectivity index (χ3v) is 4.78. The first-order valence-corrected chi connectivity index (χ1v) is 7.42.